The van der Waals surface area contributed by atoms with Gasteiger partial charge in [-0.05, 0) is 30.2 Å². The van der Waals surface area contributed by atoms with Crippen LogP contribution in [-0.2, 0) is 6.42 Å². The summed E-state index contributed by atoms with van der Waals surface area (Å²) < 4.78 is 1.00. The highest BCUT2D eigenvalue weighted by Crippen LogP contribution is 2.23. The largest absolute Gasteiger partial charge is 0.398 e. The molecule has 12 heavy (non-hydrogen) atoms. The van der Waals surface area contributed by atoms with Crippen LogP contribution in [0.5, 0.6) is 0 Å². The molecular weight excluding hydrogens is 216 g/mol. The molecular formula is C9H9BrN2. The molecule has 0 fully saturated rings. The van der Waals surface area contributed by atoms with Crippen molar-refractivity contribution in [3.05, 3.63) is 27.7 Å². The second kappa shape index (κ2) is 3.59. The van der Waals surface area contributed by atoms with Gasteiger partial charge in [0.15, 0.2) is 0 Å². The normalized spacial score (nSPS) is 9.42. The van der Waals surface area contributed by atoms with Crippen LogP contribution in [-0.4, -0.2) is 0 Å². The van der Waals surface area contributed by atoms with Crippen LogP contribution in [0, 0.1) is 18.3 Å². The van der Waals surface area contributed by atoms with Gasteiger partial charge < -0.3 is 5.73 Å². The number of halogens is 1. The molecule has 0 saturated carbocycles. The number of hydrogen-bond donors (Lipinski definition) is 1. The average molecular weight is 225 g/mol. The van der Waals surface area contributed by atoms with Crippen molar-refractivity contribution in [1.29, 1.82) is 5.26 Å². The third-order valence-electron chi connectivity index (χ3n) is 1.69. The molecule has 1 aromatic carbocycles. The van der Waals surface area contributed by atoms with Crippen LogP contribution < -0.4 is 5.73 Å². The Labute approximate surface area is 80.1 Å². The Bertz CT molecular complexity index is 339. The Morgan fingerprint density at radius 1 is 1.58 bits per heavy atom. The maximum atomic E-state index is 8.48. The molecule has 1 rings (SSSR count). The number of nitrogen functional groups attached to an aromatic ring is 1. The van der Waals surface area contributed by atoms with Crippen molar-refractivity contribution in [3.63, 3.8) is 0 Å². The third-order valence-corrected chi connectivity index (χ3v) is 2.54. The second-order valence-electron chi connectivity index (χ2n) is 2.64. The summed E-state index contributed by atoms with van der Waals surface area (Å²) in [4.78, 5) is 0. The molecule has 0 bridgehead atoms. The van der Waals surface area contributed by atoms with E-state index in [4.69, 9.17) is 11.0 Å². The number of nitrogens with zero attached hydrogens (tertiary/aromatic N) is 1. The zero-order valence-electron chi connectivity index (χ0n) is 6.76. The van der Waals surface area contributed by atoms with E-state index in [1.54, 1.807) is 0 Å². The Morgan fingerprint density at radius 3 is 2.83 bits per heavy atom. The lowest BCUT2D eigenvalue weighted by Crippen LogP contribution is -1.94. The maximum Gasteiger partial charge on any atom is 0.0670 e. The Kier molecular flexibility index (Phi) is 2.72. The van der Waals surface area contributed by atoms with Crippen LogP contribution >= 0.6 is 15.9 Å². The van der Waals surface area contributed by atoms with Gasteiger partial charge in [0.05, 0.1) is 12.5 Å². The van der Waals surface area contributed by atoms with Crippen molar-refractivity contribution in [1.82, 2.24) is 0 Å². The van der Waals surface area contributed by atoms with E-state index in [-0.39, 0.29) is 0 Å². The molecule has 0 aromatic heterocycles. The van der Waals surface area contributed by atoms with Gasteiger partial charge in [0.2, 0.25) is 0 Å². The Balaban J connectivity index is 3.16. The minimum atomic E-state index is 0.366. The number of nitrogens with two attached hydrogens (primary N) is 1. The predicted octanol–water partition coefficient (Wildman–Crippen LogP) is 2.41. The standard InChI is InChI=1S/C9H9BrN2/c1-6-4-9(12)7(2-3-11)5-8(6)10/h4-5H,2,12H2,1H3. The Morgan fingerprint density at radius 2 is 2.25 bits per heavy atom. The van der Waals surface area contributed by atoms with Crippen LogP contribution in [0.25, 0.3) is 0 Å². The molecule has 0 radical (unpaired) electrons. The predicted molar refractivity (Wildman–Crippen MR) is 52.6 cm³/mol. The fraction of sp³-hybridized carbons (Fsp3) is 0.222. The van der Waals surface area contributed by atoms with Gasteiger partial charge in [-0.1, -0.05) is 15.9 Å². The van der Waals surface area contributed by atoms with Gasteiger partial charge >= 0.3 is 0 Å². The van der Waals surface area contributed by atoms with Gasteiger partial charge in [-0.2, -0.15) is 5.26 Å². The summed E-state index contributed by atoms with van der Waals surface area (Å²) in [6.07, 6.45) is 0.366. The van der Waals surface area contributed by atoms with Crippen molar-refractivity contribution >= 4 is 21.6 Å². The quantitative estimate of drug-likeness (QED) is 0.746. The van der Waals surface area contributed by atoms with Crippen LogP contribution in [0.15, 0.2) is 16.6 Å². The fourth-order valence-corrected chi connectivity index (χ4v) is 1.37. The van der Waals surface area contributed by atoms with Crippen molar-refractivity contribution in [2.45, 2.75) is 13.3 Å². The number of benzene rings is 1. The summed E-state index contributed by atoms with van der Waals surface area (Å²) in [7, 11) is 0. The first-order chi connectivity index (χ1) is 5.65. The first-order valence-electron chi connectivity index (χ1n) is 3.56. The van der Waals surface area contributed by atoms with E-state index in [1.807, 2.05) is 19.1 Å². The summed E-state index contributed by atoms with van der Waals surface area (Å²) in [6.45, 7) is 1.97. The van der Waals surface area contributed by atoms with E-state index in [0.29, 0.717) is 12.1 Å². The molecule has 62 valence electrons. The summed E-state index contributed by atoms with van der Waals surface area (Å²) >= 11 is 3.39. The summed E-state index contributed by atoms with van der Waals surface area (Å²) in [6, 6.07) is 5.84. The first kappa shape index (κ1) is 9.08. The molecule has 0 saturated heterocycles. The summed E-state index contributed by atoms with van der Waals surface area (Å²) in [5, 5.41) is 8.48. The van der Waals surface area contributed by atoms with Gasteiger partial charge in [-0.25, -0.2) is 0 Å². The average Bonchev–Trinajstić information content (AvgIpc) is 2.01. The second-order valence-corrected chi connectivity index (χ2v) is 3.49. The molecule has 0 heterocycles. The summed E-state index contributed by atoms with van der Waals surface area (Å²) in [5.74, 6) is 0. The monoisotopic (exact) mass is 224 g/mol. The van der Waals surface area contributed by atoms with Gasteiger partial charge in [-0.3, -0.25) is 0 Å². The van der Waals surface area contributed by atoms with E-state index >= 15 is 0 Å². The maximum absolute atomic E-state index is 8.48. The fourth-order valence-electron chi connectivity index (χ4n) is 0.983. The van der Waals surface area contributed by atoms with Crippen LogP contribution in [0.4, 0.5) is 5.69 Å². The third kappa shape index (κ3) is 1.77. The molecule has 2 N–H and O–H groups in total. The smallest absolute Gasteiger partial charge is 0.0670 e. The van der Waals surface area contributed by atoms with E-state index in [9.17, 15) is 0 Å². The molecule has 3 heteroatoms. The SMILES string of the molecule is Cc1cc(N)c(CC#N)cc1Br. The van der Waals surface area contributed by atoms with E-state index in [2.05, 4.69) is 22.0 Å². The zero-order valence-corrected chi connectivity index (χ0v) is 8.35. The van der Waals surface area contributed by atoms with Crippen molar-refractivity contribution in [3.8, 4) is 6.07 Å². The molecule has 0 atom stereocenters. The van der Waals surface area contributed by atoms with Crippen molar-refractivity contribution in [2.75, 3.05) is 5.73 Å². The Hall–Kier alpha value is -1.01. The lowest BCUT2D eigenvalue weighted by molar-refractivity contribution is 1.25. The minimum absolute atomic E-state index is 0.366. The van der Waals surface area contributed by atoms with E-state index in [1.165, 1.54) is 0 Å². The topological polar surface area (TPSA) is 49.8 Å². The number of rotatable bonds is 1. The molecule has 0 aliphatic carbocycles. The van der Waals surface area contributed by atoms with Gasteiger partial charge in [0.25, 0.3) is 0 Å². The molecule has 0 spiro atoms. The van der Waals surface area contributed by atoms with Crippen LogP contribution in [0.1, 0.15) is 11.1 Å². The molecule has 0 amide bonds. The van der Waals surface area contributed by atoms with Gasteiger partial charge in [0.1, 0.15) is 0 Å². The first-order valence-corrected chi connectivity index (χ1v) is 4.36. The van der Waals surface area contributed by atoms with E-state index < -0.39 is 0 Å². The van der Waals surface area contributed by atoms with Gasteiger partial charge in [0, 0.05) is 10.2 Å². The molecule has 1 aromatic rings. The highest BCUT2D eigenvalue weighted by Gasteiger charge is 2.02. The van der Waals surface area contributed by atoms with Crippen molar-refractivity contribution < 1.29 is 0 Å². The molecule has 0 unspecified atom stereocenters. The lowest BCUT2D eigenvalue weighted by Gasteiger charge is -2.04. The number of aryl methyl sites for hydroxylation is 1. The van der Waals surface area contributed by atoms with Crippen LogP contribution in [0.3, 0.4) is 0 Å². The van der Waals surface area contributed by atoms with Crippen molar-refractivity contribution in [2.24, 2.45) is 0 Å². The highest BCUT2D eigenvalue weighted by molar-refractivity contribution is 9.10. The summed E-state index contributed by atoms with van der Waals surface area (Å²) in [5.41, 5.74) is 8.37. The molecule has 0 aliphatic rings. The lowest BCUT2D eigenvalue weighted by atomic mass is 10.1. The van der Waals surface area contributed by atoms with E-state index in [0.717, 1.165) is 15.6 Å². The molecule has 2 nitrogen and oxygen atoms in total. The minimum Gasteiger partial charge on any atom is -0.398 e. The number of hydrogen-bond acceptors (Lipinski definition) is 2. The molecule has 0 aliphatic heterocycles. The number of nitriles is 1. The highest BCUT2D eigenvalue weighted by atomic mass is 79.9. The van der Waals surface area contributed by atoms with Gasteiger partial charge in [-0.15, -0.1) is 0 Å². The zero-order chi connectivity index (χ0) is 9.14. The van der Waals surface area contributed by atoms with Crippen LogP contribution in [0.2, 0.25) is 0 Å². The number of anilines is 1.